The molecule has 0 aliphatic heterocycles. The summed E-state index contributed by atoms with van der Waals surface area (Å²) in [5.41, 5.74) is 0.397. The minimum absolute atomic E-state index is 0.0504. The van der Waals surface area contributed by atoms with Crippen molar-refractivity contribution in [3.05, 3.63) is 64.1 Å². The van der Waals surface area contributed by atoms with E-state index < -0.39 is 11.5 Å². The van der Waals surface area contributed by atoms with Crippen molar-refractivity contribution >= 4 is 11.9 Å². The summed E-state index contributed by atoms with van der Waals surface area (Å²) in [5.74, 6) is -0.826. The van der Waals surface area contributed by atoms with Gasteiger partial charge in [-0.25, -0.2) is 4.79 Å². The summed E-state index contributed by atoms with van der Waals surface area (Å²) < 4.78 is 6.15. The largest absolute Gasteiger partial charge is 0.497 e. The molecule has 126 valence electrons. The number of amides is 1. The Bertz CT molecular complexity index is 795. The van der Waals surface area contributed by atoms with Gasteiger partial charge in [-0.1, -0.05) is 12.1 Å². The van der Waals surface area contributed by atoms with Gasteiger partial charge in [-0.15, -0.1) is 0 Å². The molecule has 0 saturated carbocycles. The van der Waals surface area contributed by atoms with Crippen LogP contribution in [0.5, 0.6) is 5.75 Å². The zero-order valence-corrected chi connectivity index (χ0v) is 13.4. The Morgan fingerprint density at radius 1 is 1.21 bits per heavy atom. The number of nitrogens with zero attached hydrogens (tertiary/aromatic N) is 1. The second kappa shape index (κ2) is 7.45. The van der Waals surface area contributed by atoms with Gasteiger partial charge >= 0.3 is 5.97 Å². The lowest BCUT2D eigenvalue weighted by atomic mass is 10.1. The molecular formula is C17H18N2O5. The van der Waals surface area contributed by atoms with Crippen molar-refractivity contribution in [3.63, 3.8) is 0 Å². The van der Waals surface area contributed by atoms with Crippen LogP contribution in [0, 0.1) is 0 Å². The first-order chi connectivity index (χ1) is 11.4. The van der Waals surface area contributed by atoms with Crippen molar-refractivity contribution < 1.29 is 19.4 Å². The number of aromatic carboxylic acids is 1. The van der Waals surface area contributed by atoms with Crippen LogP contribution < -0.4 is 15.6 Å². The smallest absolute Gasteiger partial charge is 0.337 e. The summed E-state index contributed by atoms with van der Waals surface area (Å²) in [6.45, 7) is 1.57. The molecule has 1 aromatic carbocycles. The number of benzene rings is 1. The normalized spacial score (nSPS) is 11.6. The number of carboxylic acids is 1. The molecule has 1 aromatic heterocycles. The van der Waals surface area contributed by atoms with Crippen LogP contribution in [0.1, 0.15) is 28.9 Å². The maximum atomic E-state index is 12.1. The summed E-state index contributed by atoms with van der Waals surface area (Å²) >= 11 is 0. The van der Waals surface area contributed by atoms with Crippen molar-refractivity contribution in [3.8, 4) is 5.75 Å². The van der Waals surface area contributed by atoms with Gasteiger partial charge in [0.15, 0.2) is 0 Å². The van der Waals surface area contributed by atoms with Gasteiger partial charge < -0.3 is 19.7 Å². The molecule has 0 saturated heterocycles. The number of pyridine rings is 1. The Balaban J connectivity index is 2.06. The minimum Gasteiger partial charge on any atom is -0.497 e. The van der Waals surface area contributed by atoms with Crippen LogP contribution in [-0.4, -0.2) is 28.7 Å². The van der Waals surface area contributed by atoms with Gasteiger partial charge in [0, 0.05) is 12.3 Å². The molecule has 1 atom stereocenters. The summed E-state index contributed by atoms with van der Waals surface area (Å²) in [6.07, 6.45) is 1.16. The second-order valence-electron chi connectivity index (χ2n) is 5.25. The molecule has 24 heavy (non-hydrogen) atoms. The summed E-state index contributed by atoms with van der Waals surface area (Å²) in [4.78, 5) is 34.8. The average molecular weight is 330 g/mol. The van der Waals surface area contributed by atoms with E-state index in [1.165, 1.54) is 6.07 Å². The number of hydrogen-bond donors (Lipinski definition) is 2. The third kappa shape index (κ3) is 4.22. The molecule has 0 aliphatic carbocycles. The molecule has 2 rings (SSSR count). The molecule has 0 fully saturated rings. The number of carbonyl (C=O) groups is 2. The zero-order valence-electron chi connectivity index (χ0n) is 13.4. The molecule has 2 aromatic rings. The van der Waals surface area contributed by atoms with Crippen LogP contribution in [-0.2, 0) is 11.3 Å². The number of ether oxygens (including phenoxy) is 1. The highest BCUT2D eigenvalue weighted by molar-refractivity contribution is 5.87. The van der Waals surface area contributed by atoms with Crippen LogP contribution in [0.4, 0.5) is 0 Å². The third-order valence-electron chi connectivity index (χ3n) is 3.54. The van der Waals surface area contributed by atoms with E-state index >= 15 is 0 Å². The van der Waals surface area contributed by atoms with E-state index in [9.17, 15) is 14.4 Å². The van der Waals surface area contributed by atoms with Crippen molar-refractivity contribution in [2.45, 2.75) is 19.5 Å². The highest BCUT2D eigenvalue weighted by Gasteiger charge is 2.12. The van der Waals surface area contributed by atoms with E-state index in [0.29, 0.717) is 5.75 Å². The number of nitrogens with one attached hydrogen (secondary N) is 1. The predicted molar refractivity (Wildman–Crippen MR) is 87.2 cm³/mol. The van der Waals surface area contributed by atoms with Gasteiger partial charge in [0.2, 0.25) is 5.91 Å². The molecule has 0 unspecified atom stereocenters. The van der Waals surface area contributed by atoms with Crippen molar-refractivity contribution in [2.24, 2.45) is 0 Å². The molecule has 0 aliphatic rings. The summed E-state index contributed by atoms with van der Waals surface area (Å²) in [6, 6.07) is 9.32. The van der Waals surface area contributed by atoms with Crippen molar-refractivity contribution in [2.75, 3.05) is 7.11 Å². The van der Waals surface area contributed by atoms with E-state index in [4.69, 9.17) is 9.84 Å². The first kappa shape index (κ1) is 17.3. The van der Waals surface area contributed by atoms with Gasteiger partial charge in [0.1, 0.15) is 12.3 Å². The molecule has 0 bridgehead atoms. The number of methoxy groups -OCH3 is 1. The fraction of sp³-hybridized carbons (Fsp3) is 0.235. The Labute approximate surface area is 138 Å². The number of aromatic nitrogens is 1. The SMILES string of the molecule is COc1ccc([C@H](C)NC(=O)Cn2cc(C(=O)O)ccc2=O)cc1. The van der Waals surface area contributed by atoms with Gasteiger partial charge in [-0.3, -0.25) is 9.59 Å². The van der Waals surface area contributed by atoms with Crippen LogP contribution in [0.2, 0.25) is 0 Å². The van der Waals surface area contributed by atoms with E-state index in [1.54, 1.807) is 19.2 Å². The van der Waals surface area contributed by atoms with Gasteiger partial charge in [0.05, 0.1) is 18.7 Å². The third-order valence-corrected chi connectivity index (χ3v) is 3.54. The van der Waals surface area contributed by atoms with Gasteiger partial charge in [-0.2, -0.15) is 0 Å². The van der Waals surface area contributed by atoms with Crippen molar-refractivity contribution in [1.82, 2.24) is 9.88 Å². The van der Waals surface area contributed by atoms with E-state index in [1.807, 2.05) is 19.1 Å². The molecule has 7 nitrogen and oxygen atoms in total. The van der Waals surface area contributed by atoms with E-state index in [2.05, 4.69) is 5.32 Å². The molecule has 0 spiro atoms. The van der Waals surface area contributed by atoms with Crippen LogP contribution in [0.15, 0.2) is 47.4 Å². The Morgan fingerprint density at radius 3 is 2.46 bits per heavy atom. The molecule has 2 N–H and O–H groups in total. The predicted octanol–water partition coefficient (Wildman–Crippen LogP) is 1.43. The number of rotatable bonds is 6. The number of carboxylic acid groups (broad SMARTS) is 1. The maximum Gasteiger partial charge on any atom is 0.337 e. The standard InChI is InChI=1S/C17H18N2O5/c1-11(12-3-6-14(24-2)7-4-12)18-15(20)10-19-9-13(17(22)23)5-8-16(19)21/h3-9,11H,10H2,1-2H3,(H,18,20)(H,22,23)/t11-/m0/s1. The Kier molecular flexibility index (Phi) is 5.36. The topological polar surface area (TPSA) is 97.6 Å². The number of hydrogen-bond acceptors (Lipinski definition) is 4. The number of carbonyl (C=O) groups excluding carboxylic acids is 1. The van der Waals surface area contributed by atoms with Crippen LogP contribution >= 0.6 is 0 Å². The van der Waals surface area contributed by atoms with Gasteiger partial charge in [0.25, 0.3) is 5.56 Å². The first-order valence-corrected chi connectivity index (χ1v) is 7.28. The van der Waals surface area contributed by atoms with Crippen LogP contribution in [0.3, 0.4) is 0 Å². The fourth-order valence-corrected chi connectivity index (χ4v) is 2.20. The quantitative estimate of drug-likeness (QED) is 0.835. The highest BCUT2D eigenvalue weighted by Crippen LogP contribution is 2.17. The van der Waals surface area contributed by atoms with Gasteiger partial charge in [-0.05, 0) is 30.7 Å². The lowest BCUT2D eigenvalue weighted by molar-refractivity contribution is -0.122. The minimum atomic E-state index is -1.16. The monoisotopic (exact) mass is 330 g/mol. The molecule has 1 amide bonds. The Hall–Kier alpha value is -3.09. The molecular weight excluding hydrogens is 312 g/mol. The lowest BCUT2D eigenvalue weighted by Crippen LogP contribution is -2.33. The average Bonchev–Trinajstić information content (AvgIpc) is 2.56. The van der Waals surface area contributed by atoms with E-state index in [-0.39, 0.29) is 24.1 Å². The van der Waals surface area contributed by atoms with Crippen LogP contribution in [0.25, 0.3) is 0 Å². The Morgan fingerprint density at radius 2 is 1.88 bits per heavy atom. The second-order valence-corrected chi connectivity index (χ2v) is 5.25. The first-order valence-electron chi connectivity index (χ1n) is 7.28. The fourth-order valence-electron chi connectivity index (χ4n) is 2.20. The maximum absolute atomic E-state index is 12.1. The molecule has 7 heteroatoms. The lowest BCUT2D eigenvalue weighted by Gasteiger charge is -2.15. The summed E-state index contributed by atoms with van der Waals surface area (Å²) in [7, 11) is 1.57. The van der Waals surface area contributed by atoms with E-state index in [0.717, 1.165) is 22.4 Å². The molecule has 1 heterocycles. The molecule has 0 radical (unpaired) electrons. The summed E-state index contributed by atoms with van der Waals surface area (Å²) in [5, 5.41) is 11.7. The highest BCUT2D eigenvalue weighted by atomic mass is 16.5. The zero-order chi connectivity index (χ0) is 17.7. The van der Waals surface area contributed by atoms with Crippen molar-refractivity contribution in [1.29, 1.82) is 0 Å².